The maximum absolute atomic E-state index is 13.3. The zero-order valence-corrected chi connectivity index (χ0v) is 15.9. The zero-order chi connectivity index (χ0) is 18.3. The lowest BCUT2D eigenvalue weighted by molar-refractivity contribution is 0.714. The van der Waals surface area contributed by atoms with Crippen molar-refractivity contribution in [2.45, 2.75) is 20.4 Å². The molecule has 6 heteroatoms. The monoisotopic (exact) mass is 377 g/mol. The van der Waals surface area contributed by atoms with Gasteiger partial charge in [0.2, 0.25) is 0 Å². The Kier molecular flexibility index (Phi) is 4.19. The predicted molar refractivity (Wildman–Crippen MR) is 107 cm³/mol. The van der Waals surface area contributed by atoms with E-state index in [-0.39, 0.29) is 5.56 Å². The highest BCUT2D eigenvalue weighted by Gasteiger charge is 2.19. The first-order valence-electron chi connectivity index (χ1n) is 8.12. The molecular weight excluding hydrogens is 362 g/mol. The maximum atomic E-state index is 13.3. The van der Waals surface area contributed by atoms with Gasteiger partial charge in [-0.3, -0.25) is 9.36 Å². The molecular formula is C20H15N3OS2. The van der Waals surface area contributed by atoms with Crippen LogP contribution in [0.4, 0.5) is 0 Å². The lowest BCUT2D eigenvalue weighted by atomic mass is 10.1. The van der Waals surface area contributed by atoms with Crippen molar-refractivity contribution in [2.75, 3.05) is 0 Å². The van der Waals surface area contributed by atoms with Gasteiger partial charge in [-0.05, 0) is 43.0 Å². The Morgan fingerprint density at radius 2 is 2.08 bits per heavy atom. The van der Waals surface area contributed by atoms with Gasteiger partial charge in [-0.2, -0.15) is 5.26 Å². The third kappa shape index (κ3) is 2.75. The first-order valence-corrected chi connectivity index (χ1v) is 9.81. The fraction of sp³-hybridized carbons (Fsp3) is 0.150. The quantitative estimate of drug-likeness (QED) is 0.519. The highest BCUT2D eigenvalue weighted by Crippen LogP contribution is 2.37. The molecule has 0 aliphatic carbocycles. The standard InChI is InChI=1S/C20H15N3OS2/c1-12-17(16-7-4-8-25-16)18-19(26-12)22-13(2)23(20(18)24)11-15-6-3-5-14(9-15)10-21/h3-9H,11H2,1-2H3. The van der Waals surface area contributed by atoms with Crippen LogP contribution in [0.5, 0.6) is 0 Å². The van der Waals surface area contributed by atoms with Gasteiger partial charge in [0.25, 0.3) is 5.56 Å². The van der Waals surface area contributed by atoms with Crippen LogP contribution < -0.4 is 5.56 Å². The molecule has 0 fully saturated rings. The van der Waals surface area contributed by atoms with Gasteiger partial charge < -0.3 is 0 Å². The summed E-state index contributed by atoms with van der Waals surface area (Å²) in [6, 6.07) is 13.5. The van der Waals surface area contributed by atoms with Crippen LogP contribution in [-0.2, 0) is 6.54 Å². The molecule has 0 aliphatic heterocycles. The van der Waals surface area contributed by atoms with Crippen molar-refractivity contribution in [1.82, 2.24) is 9.55 Å². The molecule has 0 saturated heterocycles. The molecule has 0 radical (unpaired) electrons. The number of thiophene rings is 2. The molecule has 1 aromatic carbocycles. The van der Waals surface area contributed by atoms with Crippen LogP contribution in [0, 0.1) is 25.2 Å². The van der Waals surface area contributed by atoms with Crippen LogP contribution in [0.25, 0.3) is 20.7 Å². The highest BCUT2D eigenvalue weighted by molar-refractivity contribution is 7.20. The number of hydrogen-bond acceptors (Lipinski definition) is 5. The molecule has 0 bridgehead atoms. The van der Waals surface area contributed by atoms with Crippen molar-refractivity contribution in [1.29, 1.82) is 5.26 Å². The number of rotatable bonds is 3. The third-order valence-electron chi connectivity index (χ3n) is 4.34. The van der Waals surface area contributed by atoms with E-state index in [4.69, 9.17) is 5.26 Å². The number of benzene rings is 1. The number of nitrogens with zero attached hydrogens (tertiary/aromatic N) is 3. The molecule has 0 atom stereocenters. The molecule has 4 rings (SSSR count). The molecule has 0 spiro atoms. The largest absolute Gasteiger partial charge is 0.292 e. The van der Waals surface area contributed by atoms with Crippen LogP contribution in [0.1, 0.15) is 21.8 Å². The smallest absolute Gasteiger partial charge is 0.263 e. The van der Waals surface area contributed by atoms with E-state index in [0.29, 0.717) is 23.3 Å². The lowest BCUT2D eigenvalue weighted by Crippen LogP contribution is -2.24. The number of aromatic nitrogens is 2. The Morgan fingerprint density at radius 3 is 2.81 bits per heavy atom. The average molecular weight is 377 g/mol. The molecule has 0 amide bonds. The number of hydrogen-bond donors (Lipinski definition) is 0. The molecule has 0 aliphatic rings. The molecule has 3 aromatic heterocycles. The Hall–Kier alpha value is -2.75. The van der Waals surface area contributed by atoms with Crippen LogP contribution in [0.3, 0.4) is 0 Å². The summed E-state index contributed by atoms with van der Waals surface area (Å²) in [5, 5.41) is 11.8. The lowest BCUT2D eigenvalue weighted by Gasteiger charge is -2.10. The fourth-order valence-electron chi connectivity index (χ4n) is 3.12. The summed E-state index contributed by atoms with van der Waals surface area (Å²) in [6.45, 7) is 4.30. The van der Waals surface area contributed by atoms with Gasteiger partial charge in [0.15, 0.2) is 0 Å². The SMILES string of the molecule is Cc1sc2nc(C)n(Cc3cccc(C#N)c3)c(=O)c2c1-c1cccs1. The van der Waals surface area contributed by atoms with Crippen molar-refractivity contribution in [3.8, 4) is 16.5 Å². The minimum atomic E-state index is -0.0254. The predicted octanol–water partition coefficient (Wildman–Crippen LogP) is 4.72. The van der Waals surface area contributed by atoms with Crippen LogP contribution in [0.15, 0.2) is 46.6 Å². The summed E-state index contributed by atoms with van der Waals surface area (Å²) in [5.41, 5.74) is 2.48. The van der Waals surface area contributed by atoms with Crippen LogP contribution in [0.2, 0.25) is 0 Å². The first-order chi connectivity index (χ1) is 12.6. The van der Waals surface area contributed by atoms with Gasteiger partial charge in [0, 0.05) is 15.3 Å². The van der Waals surface area contributed by atoms with Crippen LogP contribution in [-0.4, -0.2) is 9.55 Å². The Labute approximate surface area is 158 Å². The van der Waals surface area contributed by atoms with Crippen molar-refractivity contribution < 1.29 is 0 Å². The van der Waals surface area contributed by atoms with Crippen LogP contribution >= 0.6 is 22.7 Å². The third-order valence-corrected chi connectivity index (χ3v) is 6.23. The summed E-state index contributed by atoms with van der Waals surface area (Å²) < 4.78 is 1.70. The molecule has 3 heterocycles. The summed E-state index contributed by atoms with van der Waals surface area (Å²) in [7, 11) is 0. The van der Waals surface area contributed by atoms with E-state index < -0.39 is 0 Å². The van der Waals surface area contributed by atoms with Gasteiger partial charge in [-0.1, -0.05) is 18.2 Å². The van der Waals surface area contributed by atoms with E-state index in [1.54, 1.807) is 33.3 Å². The average Bonchev–Trinajstić information content (AvgIpc) is 3.26. The van der Waals surface area contributed by atoms with Gasteiger partial charge in [-0.15, -0.1) is 22.7 Å². The zero-order valence-electron chi connectivity index (χ0n) is 14.3. The second-order valence-corrected chi connectivity index (χ2v) is 8.20. The molecule has 0 saturated carbocycles. The number of nitriles is 1. The fourth-order valence-corrected chi connectivity index (χ4v) is 5.09. The van der Waals surface area contributed by atoms with E-state index in [1.165, 1.54) is 0 Å². The van der Waals surface area contributed by atoms with Crippen molar-refractivity contribution in [3.63, 3.8) is 0 Å². The minimum Gasteiger partial charge on any atom is -0.292 e. The Balaban J connectivity index is 1.92. The first kappa shape index (κ1) is 16.7. The summed E-state index contributed by atoms with van der Waals surface area (Å²) in [6.07, 6.45) is 0. The second kappa shape index (κ2) is 6.52. The van der Waals surface area contributed by atoms with E-state index in [0.717, 1.165) is 25.7 Å². The second-order valence-electron chi connectivity index (χ2n) is 6.05. The van der Waals surface area contributed by atoms with Crippen molar-refractivity contribution in [2.24, 2.45) is 0 Å². The Bertz CT molecular complexity index is 1210. The highest BCUT2D eigenvalue weighted by atomic mass is 32.1. The van der Waals surface area contributed by atoms with Gasteiger partial charge in [0.05, 0.1) is 23.6 Å². The Morgan fingerprint density at radius 1 is 1.23 bits per heavy atom. The van der Waals surface area contributed by atoms with Gasteiger partial charge in [-0.25, -0.2) is 4.98 Å². The summed E-state index contributed by atoms with van der Waals surface area (Å²) in [4.78, 5) is 21.0. The minimum absolute atomic E-state index is 0.0254. The van der Waals surface area contributed by atoms with E-state index in [1.807, 2.05) is 49.6 Å². The number of aryl methyl sites for hydroxylation is 2. The van der Waals surface area contributed by atoms with E-state index >= 15 is 0 Å². The van der Waals surface area contributed by atoms with Crippen molar-refractivity contribution in [3.05, 3.63) is 74.0 Å². The maximum Gasteiger partial charge on any atom is 0.263 e. The summed E-state index contributed by atoms with van der Waals surface area (Å²) >= 11 is 3.20. The molecule has 4 aromatic rings. The molecule has 4 nitrogen and oxygen atoms in total. The van der Waals surface area contributed by atoms with Gasteiger partial charge >= 0.3 is 0 Å². The van der Waals surface area contributed by atoms with Crippen molar-refractivity contribution >= 4 is 32.9 Å². The molecule has 26 heavy (non-hydrogen) atoms. The topological polar surface area (TPSA) is 58.7 Å². The molecule has 0 unspecified atom stereocenters. The van der Waals surface area contributed by atoms with Gasteiger partial charge in [0.1, 0.15) is 10.7 Å². The number of fused-ring (bicyclic) bond motifs is 1. The van der Waals surface area contributed by atoms with E-state index in [9.17, 15) is 4.79 Å². The molecule has 128 valence electrons. The summed E-state index contributed by atoms with van der Waals surface area (Å²) in [5.74, 6) is 0.684. The molecule has 0 N–H and O–H groups in total. The van der Waals surface area contributed by atoms with E-state index in [2.05, 4.69) is 11.1 Å². The normalized spacial score (nSPS) is 11.0.